The van der Waals surface area contributed by atoms with E-state index in [4.69, 9.17) is 186 Å². The van der Waals surface area contributed by atoms with E-state index in [2.05, 4.69) is 343 Å². The van der Waals surface area contributed by atoms with Gasteiger partial charge in [-0.2, -0.15) is 0 Å². The van der Waals surface area contributed by atoms with Gasteiger partial charge in [0.15, 0.2) is 0 Å². The van der Waals surface area contributed by atoms with E-state index in [9.17, 15) is 0 Å². The molecule has 8 fully saturated rings. The smallest absolute Gasteiger partial charge is 0.0967 e. The van der Waals surface area contributed by atoms with Crippen LogP contribution in [0.3, 0.4) is 0 Å². The molecular formula is C96H176Cl20N24W4-12. The van der Waals surface area contributed by atoms with Crippen LogP contribution in [0.15, 0.2) is 39.9 Å². The van der Waals surface area contributed by atoms with Crippen LogP contribution < -0.4 is 49.6 Å². The molecule has 0 aromatic carbocycles. The molecule has 16 aliphatic rings. The van der Waals surface area contributed by atoms with Gasteiger partial charge in [0.1, 0.15) is 0 Å². The van der Waals surface area contributed by atoms with Crippen molar-refractivity contribution >= 4 is 233 Å². The predicted octanol–water partition coefficient (Wildman–Crippen LogP) is 16.2. The SMILES string of the molecule is CC1(C)CN=C2[N-]CC(C)(C)CN2C1.CC1(C)CN=C2[N-]CC(C)(C)CN2C1.CC1(C)CN=C2[N-]CC(C)(C)CN2C1.CC1(C)CN=C2[N-]CC(C)(C)CN2C1.CC1(C)CN=C2[N-]CC(C)(C)CN2C1.CC1(C)CN=C2[N-]CC(C)(C)CN2C1.CC1(C)CN=C2[N-]CC(C)(C)CN2C1.CC1(C)CN=C2[N-]CC(C)(C)CN2C1.ClCCl.ClCCl.ClCCl.ClCCl.ClCCl.ClCCl.ClCCl.ClCCl.[Cl-].[Cl-].[Cl-].[Cl-].[W].[W].[W].[W]. The first-order valence-corrected chi connectivity index (χ1v) is 55.6. The van der Waals surface area contributed by atoms with Gasteiger partial charge in [0.25, 0.3) is 0 Å². The topological polar surface area (TPSA) is 238 Å². The third-order valence-electron chi connectivity index (χ3n) is 22.5. The number of fused-ring (bicyclic) bond motifs is 8. The summed E-state index contributed by atoms with van der Waals surface area (Å²) in [4.78, 5) is 55.1. The number of hydrogen-bond acceptors (Lipinski definition) is 16. The molecule has 0 radical (unpaired) electrons. The van der Waals surface area contributed by atoms with Crippen LogP contribution in [0.1, 0.15) is 222 Å². The Hall–Kier alpha value is 2.71. The van der Waals surface area contributed by atoms with E-state index in [0.717, 1.165) is 257 Å². The van der Waals surface area contributed by atoms with Gasteiger partial charge < -0.3 is 171 Å². The van der Waals surface area contributed by atoms with Gasteiger partial charge in [-0.25, -0.2) is 0 Å². The van der Waals surface area contributed by atoms with E-state index in [-0.39, 0.29) is 177 Å². The molecule has 24 nitrogen and oxygen atoms in total. The Morgan fingerprint density at radius 1 is 0.153 bits per heavy atom. The van der Waals surface area contributed by atoms with Crippen molar-refractivity contribution in [2.24, 2.45) is 127 Å². The summed E-state index contributed by atoms with van der Waals surface area (Å²) < 4.78 is 0. The van der Waals surface area contributed by atoms with Crippen LogP contribution in [-0.4, -0.2) is 339 Å². The van der Waals surface area contributed by atoms with Crippen LogP contribution >= 0.6 is 186 Å². The molecule has 144 heavy (non-hydrogen) atoms. The minimum absolute atomic E-state index is 0. The minimum atomic E-state index is 0. The van der Waals surface area contributed by atoms with E-state index < -0.39 is 0 Å². The number of guanidine groups is 8. The number of rotatable bonds is 0. The van der Waals surface area contributed by atoms with Crippen LogP contribution in [0.4, 0.5) is 0 Å². The van der Waals surface area contributed by atoms with Crippen molar-refractivity contribution in [1.29, 1.82) is 0 Å². The summed E-state index contributed by atoms with van der Waals surface area (Å²) in [5.74, 6) is 7.92. The Labute approximate surface area is 1040 Å². The van der Waals surface area contributed by atoms with E-state index in [1.165, 1.54) is 0 Å². The van der Waals surface area contributed by atoms with Crippen LogP contribution in [0, 0.1) is 86.6 Å². The summed E-state index contributed by atoms with van der Waals surface area (Å²) in [7, 11) is 0. The molecule has 8 saturated heterocycles. The van der Waals surface area contributed by atoms with Crippen molar-refractivity contribution < 1.29 is 134 Å². The molecule has 856 valence electrons. The molecular weight excluding hydrogens is 2930 g/mol. The molecule has 16 aliphatic heterocycles. The van der Waals surface area contributed by atoms with Gasteiger partial charge in [0.05, 0.1) is 42.7 Å². The summed E-state index contributed by atoms with van der Waals surface area (Å²) in [5.41, 5.74) is 4.99. The first kappa shape index (κ1) is 162. The van der Waals surface area contributed by atoms with Crippen molar-refractivity contribution in [3.8, 4) is 0 Å². The first-order chi connectivity index (χ1) is 62.4. The molecule has 0 bridgehead atoms. The van der Waals surface area contributed by atoms with Gasteiger partial charge in [-0.1, -0.05) is 222 Å². The molecule has 0 amide bonds. The van der Waals surface area contributed by atoms with Crippen molar-refractivity contribution in [1.82, 2.24) is 39.2 Å². The Balaban J connectivity index is -0.000000235. The van der Waals surface area contributed by atoms with Gasteiger partial charge in [0, 0.05) is 132 Å². The third-order valence-corrected chi connectivity index (χ3v) is 22.5. The van der Waals surface area contributed by atoms with Crippen molar-refractivity contribution in [3.05, 3.63) is 42.5 Å². The molecule has 0 saturated carbocycles. The summed E-state index contributed by atoms with van der Waals surface area (Å²) in [5, 5.41) is 37.9. The number of alkyl halides is 16. The average Bonchev–Trinajstić information content (AvgIpc) is 0.838. The minimum Gasteiger partial charge on any atom is -1.00 e. The maximum absolute atomic E-state index is 4.76. The standard InChI is InChI=1S/8C11H20N3.8CH2Cl2.4ClH.4W/c8*1-10(2)5-12-9-13-6-11(3,4)8-14(9)7-10;8*2-1-3;;;;;;;;/h8*5-8H2,1-4H3;8*1H2;4*1H;;;;/q8*-1;;;;;;;;;;;;;;;;/p-4. The molecule has 0 unspecified atom stereocenters. The Kier molecular flexibility index (Phi) is 83.5. The molecule has 16 heterocycles. The van der Waals surface area contributed by atoms with E-state index in [1.54, 1.807) is 0 Å². The van der Waals surface area contributed by atoms with Gasteiger partial charge >= 0.3 is 0 Å². The normalized spacial score (nSPS) is 23.4. The molecule has 0 aliphatic carbocycles. The van der Waals surface area contributed by atoms with Crippen LogP contribution in [0.5, 0.6) is 0 Å². The van der Waals surface area contributed by atoms with Gasteiger partial charge in [-0.05, 0) is 296 Å². The summed E-state index contributed by atoms with van der Waals surface area (Å²) in [6, 6.07) is 0. The second-order valence-electron chi connectivity index (χ2n) is 49.7. The number of hydrogen-bond donors (Lipinski definition) is 0. The fourth-order valence-corrected chi connectivity index (χ4v) is 17.2. The van der Waals surface area contributed by atoms with Crippen molar-refractivity contribution in [2.75, 3.05) is 252 Å². The second-order valence-corrected chi connectivity index (χ2v) is 56.2. The van der Waals surface area contributed by atoms with Crippen LogP contribution in [-0.2, 0) is 84.3 Å². The molecule has 0 N–H and O–H groups in total. The summed E-state index contributed by atoms with van der Waals surface area (Å²) >= 11 is 76.2. The van der Waals surface area contributed by atoms with Crippen LogP contribution in [0.2, 0.25) is 0 Å². The quantitative estimate of drug-likeness (QED) is 0.211. The molecule has 0 aromatic heterocycles. The Bertz CT molecular complexity index is 3030. The first-order valence-electron chi connectivity index (χ1n) is 47.1. The monoisotopic (exact) mass is 3100 g/mol. The van der Waals surface area contributed by atoms with Crippen LogP contribution in [0.25, 0.3) is 42.5 Å². The van der Waals surface area contributed by atoms with Gasteiger partial charge in [-0.3, -0.25) is 0 Å². The summed E-state index contributed by atoms with van der Waals surface area (Å²) in [6.45, 7) is 105. The second kappa shape index (κ2) is 74.3. The molecule has 48 heteroatoms. The van der Waals surface area contributed by atoms with Gasteiger partial charge in [0.2, 0.25) is 0 Å². The average molecular weight is 3110 g/mol. The maximum atomic E-state index is 4.76. The maximum Gasteiger partial charge on any atom is 0.0967 e. The fourth-order valence-electron chi connectivity index (χ4n) is 17.2. The zero-order valence-electron chi connectivity index (χ0n) is 92.2. The molecule has 0 atom stereocenters. The zero-order valence-corrected chi connectivity index (χ0v) is 119. The zero-order chi connectivity index (χ0) is 105. The van der Waals surface area contributed by atoms with E-state index in [1.807, 2.05) is 0 Å². The van der Waals surface area contributed by atoms with Gasteiger partial charge in [-0.15, -0.1) is 186 Å². The van der Waals surface area contributed by atoms with Crippen molar-refractivity contribution in [3.63, 3.8) is 0 Å². The molecule has 0 aromatic rings. The number of halogens is 20. The number of aliphatic imine (C=N–C) groups is 8. The molecule has 0 spiro atoms. The fraction of sp³-hybridized carbons (Fsp3) is 0.917. The predicted molar refractivity (Wildman–Crippen MR) is 610 cm³/mol. The molecule has 16 rings (SSSR count). The summed E-state index contributed by atoms with van der Waals surface area (Å²) in [6.07, 6.45) is 0. The Morgan fingerprint density at radius 3 is 0.285 bits per heavy atom. The third kappa shape index (κ3) is 67.3. The number of nitrogens with zero attached hydrogens (tertiary/aromatic N) is 24. The van der Waals surface area contributed by atoms with E-state index in [0.29, 0.717) is 86.6 Å². The van der Waals surface area contributed by atoms with Crippen molar-refractivity contribution in [2.45, 2.75) is 222 Å². The Morgan fingerprint density at radius 2 is 0.215 bits per heavy atom. The largest absolute Gasteiger partial charge is 1.00 e. The van der Waals surface area contributed by atoms with E-state index >= 15 is 0 Å².